The van der Waals surface area contributed by atoms with Gasteiger partial charge in [-0.05, 0) is 106 Å². The van der Waals surface area contributed by atoms with Crippen molar-refractivity contribution in [3.8, 4) is 51.0 Å². The molecule has 2 atom stereocenters. The predicted molar refractivity (Wildman–Crippen MR) is 223 cm³/mol. The number of fused-ring (bicyclic) bond motifs is 7. The SMILES string of the molecule is CC1C2=C(C=CC1c1c3ccccc3c(-c3ccc4c(ccc5ccccc54)c3)c3cc(-c4c(O)c(O)c(O)c(O)c4O)ccc13)c1ccccc1C2(C)C. The van der Waals surface area contributed by atoms with E-state index in [1.54, 1.807) is 6.07 Å². The van der Waals surface area contributed by atoms with Crippen LogP contribution in [0.15, 0.2) is 139 Å². The highest BCUT2D eigenvalue weighted by atomic mass is 16.4. The van der Waals surface area contributed by atoms with E-state index in [9.17, 15) is 25.5 Å². The second-order valence-corrected chi connectivity index (χ2v) is 15.6. The van der Waals surface area contributed by atoms with Crippen molar-refractivity contribution < 1.29 is 25.5 Å². The van der Waals surface area contributed by atoms with Crippen molar-refractivity contribution in [1.82, 2.24) is 0 Å². The average Bonchev–Trinajstić information content (AvgIpc) is 3.44. The molecule has 0 saturated carbocycles. The van der Waals surface area contributed by atoms with E-state index in [0.717, 1.165) is 43.4 Å². The van der Waals surface area contributed by atoms with Crippen LogP contribution in [0.25, 0.3) is 70.9 Å². The maximum absolute atomic E-state index is 11.1. The van der Waals surface area contributed by atoms with Crippen LogP contribution >= 0.6 is 0 Å². The Bertz CT molecular complexity index is 3010. The molecule has 10 rings (SSSR count). The molecule has 0 radical (unpaired) electrons. The third-order valence-corrected chi connectivity index (χ3v) is 12.4. The third-order valence-electron chi connectivity index (χ3n) is 12.4. The van der Waals surface area contributed by atoms with Crippen LogP contribution in [0.5, 0.6) is 28.7 Å². The number of hydrogen-bond donors (Lipinski definition) is 5. The molecule has 8 aromatic rings. The molecule has 2 aliphatic rings. The molecule has 268 valence electrons. The van der Waals surface area contributed by atoms with E-state index in [1.165, 1.54) is 38.6 Å². The Morgan fingerprint density at radius 1 is 0.491 bits per heavy atom. The van der Waals surface area contributed by atoms with Gasteiger partial charge in [-0.25, -0.2) is 0 Å². The fraction of sp³-hybridized carbons (Fsp3) is 0.120. The molecule has 0 amide bonds. The summed E-state index contributed by atoms with van der Waals surface area (Å²) in [4.78, 5) is 0. The van der Waals surface area contributed by atoms with Gasteiger partial charge in [-0.15, -0.1) is 0 Å². The molecule has 5 N–H and O–H groups in total. The van der Waals surface area contributed by atoms with E-state index in [-0.39, 0.29) is 22.8 Å². The first-order valence-corrected chi connectivity index (χ1v) is 18.7. The highest BCUT2D eigenvalue weighted by molar-refractivity contribution is 6.18. The lowest BCUT2D eigenvalue weighted by atomic mass is 9.67. The molecule has 2 aliphatic carbocycles. The minimum atomic E-state index is -0.985. The quantitative estimate of drug-likeness (QED) is 0.0542. The summed E-state index contributed by atoms with van der Waals surface area (Å²) in [6.07, 6.45) is 4.66. The lowest BCUT2D eigenvalue weighted by Gasteiger charge is -2.36. The molecule has 0 aromatic heterocycles. The van der Waals surface area contributed by atoms with Crippen molar-refractivity contribution in [3.05, 3.63) is 156 Å². The molecule has 8 aromatic carbocycles. The Kier molecular flexibility index (Phi) is 6.96. The largest absolute Gasteiger partial charge is 0.504 e. The molecule has 5 heteroatoms. The zero-order valence-corrected chi connectivity index (χ0v) is 30.6. The normalized spacial score (nSPS) is 17.4. The summed E-state index contributed by atoms with van der Waals surface area (Å²) in [5.74, 6) is -4.06. The van der Waals surface area contributed by atoms with E-state index in [2.05, 4.69) is 136 Å². The molecule has 0 saturated heterocycles. The Balaban J connectivity index is 1.27. The summed E-state index contributed by atoms with van der Waals surface area (Å²) >= 11 is 0. The lowest BCUT2D eigenvalue weighted by molar-refractivity contribution is 0.330. The van der Waals surface area contributed by atoms with E-state index in [4.69, 9.17) is 0 Å². The van der Waals surface area contributed by atoms with Crippen molar-refractivity contribution in [2.45, 2.75) is 32.1 Å². The fourth-order valence-electron chi connectivity index (χ4n) is 9.94. The Morgan fingerprint density at radius 3 is 1.82 bits per heavy atom. The Labute approximate surface area is 318 Å². The fourth-order valence-corrected chi connectivity index (χ4v) is 9.94. The number of allylic oxidation sites excluding steroid dienone is 4. The summed E-state index contributed by atoms with van der Waals surface area (Å²) in [5.41, 5.74) is 8.57. The van der Waals surface area contributed by atoms with Gasteiger partial charge in [-0.2, -0.15) is 0 Å². The average molecular weight is 719 g/mol. The first kappa shape index (κ1) is 32.9. The van der Waals surface area contributed by atoms with Crippen LogP contribution in [0.2, 0.25) is 0 Å². The number of phenols is 5. The number of benzene rings is 8. The highest BCUT2D eigenvalue weighted by Crippen LogP contribution is 2.58. The summed E-state index contributed by atoms with van der Waals surface area (Å²) in [5, 5.41) is 62.2. The first-order valence-electron chi connectivity index (χ1n) is 18.7. The Morgan fingerprint density at radius 2 is 1.05 bits per heavy atom. The third kappa shape index (κ3) is 4.53. The molecule has 0 spiro atoms. The minimum Gasteiger partial charge on any atom is -0.504 e. The van der Waals surface area contributed by atoms with Crippen molar-refractivity contribution >= 4 is 48.7 Å². The number of aromatic hydroxyl groups is 5. The standard InChI is InChI=1S/C50H38O5/c1-26-31(22-23-38-34-12-8-9-15-40(34)50(2,3)44(26)38)43-36-14-7-6-13-35(36)41(29-18-20-33-28(24-29)17-16-27-10-4-5-11-32(27)33)39-25-30(19-21-37(39)43)42-45(51)47(53)49(55)48(54)46(42)52/h4-26,31,51-55H,1-3H3. The van der Waals surface area contributed by atoms with Crippen LogP contribution in [0, 0.1) is 5.92 Å². The van der Waals surface area contributed by atoms with Crippen LogP contribution in [0.3, 0.4) is 0 Å². The Hall–Kier alpha value is -6.72. The van der Waals surface area contributed by atoms with Crippen LogP contribution < -0.4 is 0 Å². The van der Waals surface area contributed by atoms with Crippen molar-refractivity contribution in [3.63, 3.8) is 0 Å². The van der Waals surface area contributed by atoms with Gasteiger partial charge in [-0.3, -0.25) is 0 Å². The number of rotatable bonds is 3. The summed E-state index contributed by atoms with van der Waals surface area (Å²) < 4.78 is 0. The van der Waals surface area contributed by atoms with E-state index in [0.29, 0.717) is 5.56 Å². The van der Waals surface area contributed by atoms with E-state index >= 15 is 0 Å². The van der Waals surface area contributed by atoms with Crippen molar-refractivity contribution in [1.29, 1.82) is 0 Å². The molecule has 0 aliphatic heterocycles. The molecular formula is C50H38O5. The molecule has 0 fully saturated rings. The van der Waals surface area contributed by atoms with Gasteiger partial charge in [-0.1, -0.05) is 142 Å². The molecule has 55 heavy (non-hydrogen) atoms. The summed E-state index contributed by atoms with van der Waals surface area (Å²) in [6.45, 7) is 7.00. The van der Waals surface area contributed by atoms with E-state index in [1.807, 2.05) is 12.1 Å². The second kappa shape index (κ2) is 11.6. The zero-order valence-electron chi connectivity index (χ0n) is 30.6. The second-order valence-electron chi connectivity index (χ2n) is 15.6. The van der Waals surface area contributed by atoms with Gasteiger partial charge in [0.15, 0.2) is 11.5 Å². The number of hydrogen-bond acceptors (Lipinski definition) is 5. The molecular weight excluding hydrogens is 681 g/mol. The number of phenolic OH excluding ortho intramolecular Hbond substituents is 5. The van der Waals surface area contributed by atoms with E-state index < -0.39 is 28.7 Å². The van der Waals surface area contributed by atoms with Crippen LogP contribution in [0.1, 0.15) is 43.4 Å². The van der Waals surface area contributed by atoms with Gasteiger partial charge in [0.25, 0.3) is 0 Å². The summed E-state index contributed by atoms with van der Waals surface area (Å²) in [7, 11) is 0. The van der Waals surface area contributed by atoms with Crippen LogP contribution in [-0.4, -0.2) is 25.5 Å². The van der Waals surface area contributed by atoms with Gasteiger partial charge in [0.2, 0.25) is 17.2 Å². The zero-order chi connectivity index (χ0) is 37.9. The monoisotopic (exact) mass is 718 g/mol. The molecule has 2 unspecified atom stereocenters. The van der Waals surface area contributed by atoms with Gasteiger partial charge in [0.05, 0.1) is 5.56 Å². The van der Waals surface area contributed by atoms with Crippen molar-refractivity contribution in [2.75, 3.05) is 0 Å². The smallest absolute Gasteiger partial charge is 0.208 e. The lowest BCUT2D eigenvalue weighted by Crippen LogP contribution is -2.26. The van der Waals surface area contributed by atoms with Crippen LogP contribution in [0.4, 0.5) is 0 Å². The van der Waals surface area contributed by atoms with Gasteiger partial charge in [0.1, 0.15) is 0 Å². The molecule has 0 bridgehead atoms. The topological polar surface area (TPSA) is 101 Å². The molecule has 5 nitrogen and oxygen atoms in total. The molecule has 0 heterocycles. The maximum atomic E-state index is 11.1. The minimum absolute atomic E-state index is 0.0196. The first-order chi connectivity index (χ1) is 26.6. The predicted octanol–water partition coefficient (Wildman–Crippen LogP) is 12.2. The van der Waals surface area contributed by atoms with Gasteiger partial charge in [0, 0.05) is 11.3 Å². The van der Waals surface area contributed by atoms with Crippen molar-refractivity contribution in [2.24, 2.45) is 5.92 Å². The summed E-state index contributed by atoms with van der Waals surface area (Å²) in [6, 6.07) is 42.2. The van der Waals surface area contributed by atoms with Gasteiger partial charge >= 0.3 is 0 Å². The van der Waals surface area contributed by atoms with Crippen LogP contribution in [-0.2, 0) is 5.41 Å². The highest BCUT2D eigenvalue weighted by Gasteiger charge is 2.43. The maximum Gasteiger partial charge on any atom is 0.208 e. The van der Waals surface area contributed by atoms with Gasteiger partial charge < -0.3 is 25.5 Å².